The van der Waals surface area contributed by atoms with E-state index in [4.69, 9.17) is 20.3 Å². The molecule has 2 heterocycles. The van der Waals surface area contributed by atoms with Gasteiger partial charge in [0.05, 0.1) is 14.2 Å². The van der Waals surface area contributed by atoms with E-state index in [1.165, 1.54) is 26.6 Å². The summed E-state index contributed by atoms with van der Waals surface area (Å²) in [5.74, 6) is -1.03. The molecule has 1 amide bonds. The minimum atomic E-state index is -1.21. The van der Waals surface area contributed by atoms with Crippen LogP contribution in [0, 0.1) is 0 Å². The van der Waals surface area contributed by atoms with Crippen LogP contribution in [-0.2, 0) is 31.1 Å². The molecule has 0 aliphatic rings. The predicted molar refractivity (Wildman–Crippen MR) is 262 cm³/mol. The van der Waals surface area contributed by atoms with Crippen molar-refractivity contribution in [3.05, 3.63) is 139 Å². The number of H-pyrrole nitrogens is 2. The summed E-state index contributed by atoms with van der Waals surface area (Å²) in [7, 11) is 2.52. The SMILES string of the molecule is COC(=O)Oc1cc(N)c(C(C)(C)C)cc1C(C)(C)C.COC(=O)Oc1cc(NC(=O)c2c[nH]c3ccccc3c2=O)c(C(C)(C)C)cc1C(C)(C)C.O=C(O)c1c[nH]c2ccccc2c1=O. The highest BCUT2D eigenvalue weighted by Crippen LogP contribution is 2.41. The predicted octanol–water partition coefficient (Wildman–Crippen LogP) is 10.8. The smallest absolute Gasteiger partial charge is 0.477 e. The van der Waals surface area contributed by atoms with Gasteiger partial charge >= 0.3 is 18.3 Å². The van der Waals surface area contributed by atoms with Gasteiger partial charge in [-0.1, -0.05) is 107 Å². The number of methoxy groups -OCH3 is 2. The van der Waals surface area contributed by atoms with Crippen LogP contribution in [0.1, 0.15) is 126 Å². The van der Waals surface area contributed by atoms with Crippen LogP contribution in [-0.4, -0.2) is 53.5 Å². The van der Waals surface area contributed by atoms with Gasteiger partial charge in [-0.25, -0.2) is 14.4 Å². The number of nitrogen functional groups attached to an aromatic ring is 1. The van der Waals surface area contributed by atoms with Crippen LogP contribution < -0.4 is 31.4 Å². The van der Waals surface area contributed by atoms with E-state index in [9.17, 15) is 28.8 Å². The Morgan fingerprint density at radius 1 is 0.552 bits per heavy atom. The van der Waals surface area contributed by atoms with E-state index in [1.54, 1.807) is 54.6 Å². The standard InChI is InChI=1S/C26H30N2O5.C16H25NO3.C10H7NO3/c1-25(2,3)17-12-18(26(4,5)6)21(33-24(31)32-7)13-20(17)28-23(30)16-14-27-19-11-9-8-10-15(19)22(16)29;1-15(2,3)10-8-11(16(4,5)6)13(9-12(10)17)20-14(18)19-7;12-9-6-3-1-2-4-8(6)11-5-7(9)10(13)14/h8-14H,1-7H3,(H,27,29)(H,28,30);8-9H,17H2,1-7H3;1-5H,(H,11,12)(H,13,14). The number of aromatic nitrogens is 2. The largest absolute Gasteiger partial charge is 0.513 e. The number of hydrogen-bond acceptors (Lipinski definition) is 11. The number of para-hydroxylation sites is 2. The Labute approximate surface area is 390 Å². The molecule has 0 spiro atoms. The monoisotopic (exact) mass is 918 g/mol. The third-order valence-corrected chi connectivity index (χ3v) is 10.5. The number of carboxylic acids is 1. The molecule has 0 aliphatic heterocycles. The molecule has 0 aliphatic carbocycles. The minimum absolute atomic E-state index is 0.0103. The lowest BCUT2D eigenvalue weighted by molar-refractivity contribution is 0.0694. The first kappa shape index (κ1) is 52.2. The molecule has 0 unspecified atom stereocenters. The van der Waals surface area contributed by atoms with E-state index in [2.05, 4.69) is 66.3 Å². The van der Waals surface area contributed by atoms with Crippen molar-refractivity contribution in [3.63, 3.8) is 0 Å². The summed E-state index contributed by atoms with van der Waals surface area (Å²) >= 11 is 0. The summed E-state index contributed by atoms with van der Waals surface area (Å²) in [5, 5.41) is 12.4. The Kier molecular flexibility index (Phi) is 15.9. The number of pyridine rings is 2. The Morgan fingerprint density at radius 2 is 0.940 bits per heavy atom. The van der Waals surface area contributed by atoms with Crippen molar-refractivity contribution in [2.24, 2.45) is 0 Å². The fourth-order valence-corrected chi connectivity index (χ4v) is 7.01. The van der Waals surface area contributed by atoms with Gasteiger partial charge in [-0.05, 0) is 69.2 Å². The lowest BCUT2D eigenvalue weighted by Crippen LogP contribution is -2.25. The van der Waals surface area contributed by atoms with Crippen molar-refractivity contribution in [3.8, 4) is 11.5 Å². The summed E-state index contributed by atoms with van der Waals surface area (Å²) in [6.45, 7) is 24.6. The third-order valence-electron chi connectivity index (χ3n) is 10.5. The number of rotatable bonds is 5. The van der Waals surface area contributed by atoms with Gasteiger partial charge in [-0.15, -0.1) is 0 Å². The molecule has 0 bridgehead atoms. The molecular formula is C52H62N4O11. The zero-order chi connectivity index (χ0) is 50.4. The molecule has 0 fully saturated rings. The van der Waals surface area contributed by atoms with Gasteiger partial charge in [0, 0.05) is 68.8 Å². The van der Waals surface area contributed by atoms with Crippen LogP contribution in [0.2, 0.25) is 0 Å². The Bertz CT molecular complexity index is 2940. The molecule has 356 valence electrons. The highest BCUT2D eigenvalue weighted by Gasteiger charge is 2.29. The van der Waals surface area contributed by atoms with Crippen LogP contribution in [0.4, 0.5) is 21.0 Å². The molecule has 0 saturated carbocycles. The number of amides is 1. The van der Waals surface area contributed by atoms with Gasteiger partial charge in [-0.2, -0.15) is 0 Å². The average Bonchev–Trinajstić information content (AvgIpc) is 3.22. The van der Waals surface area contributed by atoms with Crippen molar-refractivity contribution in [1.29, 1.82) is 0 Å². The number of fused-ring (bicyclic) bond motifs is 2. The molecule has 6 rings (SSSR count). The molecular weight excluding hydrogens is 857 g/mol. The molecule has 15 heteroatoms. The summed E-state index contributed by atoms with van der Waals surface area (Å²) in [5.41, 5.74) is 10.1. The second-order valence-corrected chi connectivity index (χ2v) is 19.9. The number of hydrogen-bond donors (Lipinski definition) is 5. The second-order valence-electron chi connectivity index (χ2n) is 19.9. The van der Waals surface area contributed by atoms with Crippen molar-refractivity contribution in [2.45, 2.75) is 105 Å². The number of aromatic amines is 2. The summed E-state index contributed by atoms with van der Waals surface area (Å²) in [6, 6.07) is 21.1. The van der Waals surface area contributed by atoms with Crippen molar-refractivity contribution >= 4 is 57.4 Å². The number of anilines is 2. The van der Waals surface area contributed by atoms with Gasteiger partial charge in [0.2, 0.25) is 10.9 Å². The molecule has 2 aromatic heterocycles. The van der Waals surface area contributed by atoms with E-state index >= 15 is 0 Å². The van der Waals surface area contributed by atoms with Crippen LogP contribution in [0.5, 0.6) is 11.5 Å². The number of carbonyl (C=O) groups excluding carboxylic acids is 3. The van der Waals surface area contributed by atoms with Crippen molar-refractivity contribution in [2.75, 3.05) is 25.3 Å². The zero-order valence-electron chi connectivity index (χ0n) is 40.7. The Hall–Kier alpha value is -7.42. The minimum Gasteiger partial charge on any atom is -0.477 e. The van der Waals surface area contributed by atoms with E-state index < -0.39 is 29.6 Å². The highest BCUT2D eigenvalue weighted by molar-refractivity contribution is 6.06. The van der Waals surface area contributed by atoms with Gasteiger partial charge in [-0.3, -0.25) is 14.4 Å². The molecule has 15 nitrogen and oxygen atoms in total. The molecule has 0 atom stereocenters. The molecule has 6 aromatic rings. The summed E-state index contributed by atoms with van der Waals surface area (Å²) in [4.78, 5) is 77.3. The fourth-order valence-electron chi connectivity index (χ4n) is 7.01. The van der Waals surface area contributed by atoms with Gasteiger partial charge in [0.1, 0.15) is 22.6 Å². The van der Waals surface area contributed by atoms with Crippen molar-refractivity contribution < 1.29 is 43.2 Å². The average molecular weight is 919 g/mol. The normalized spacial score (nSPS) is 11.6. The maximum Gasteiger partial charge on any atom is 0.513 e. The molecule has 4 aromatic carbocycles. The maximum absolute atomic E-state index is 13.2. The number of carbonyl (C=O) groups is 4. The van der Waals surface area contributed by atoms with Crippen molar-refractivity contribution in [1.82, 2.24) is 9.97 Å². The highest BCUT2D eigenvalue weighted by atomic mass is 16.7. The second kappa shape index (κ2) is 20.4. The maximum atomic E-state index is 13.2. The lowest BCUT2D eigenvalue weighted by Gasteiger charge is -2.29. The topological polar surface area (TPSA) is 229 Å². The van der Waals surface area contributed by atoms with E-state index in [-0.39, 0.29) is 44.0 Å². The first-order valence-corrected chi connectivity index (χ1v) is 21.4. The Morgan fingerprint density at radius 3 is 1.36 bits per heavy atom. The van der Waals surface area contributed by atoms with Crippen LogP contribution in [0.25, 0.3) is 21.8 Å². The summed E-state index contributed by atoms with van der Waals surface area (Å²) < 4.78 is 19.9. The number of ether oxygens (including phenoxy) is 4. The van der Waals surface area contributed by atoms with Crippen LogP contribution >= 0.6 is 0 Å². The summed E-state index contributed by atoms with van der Waals surface area (Å²) in [6.07, 6.45) is 1.03. The molecule has 0 radical (unpaired) electrons. The molecule has 6 N–H and O–H groups in total. The third kappa shape index (κ3) is 12.9. The van der Waals surface area contributed by atoms with E-state index in [1.807, 2.05) is 59.7 Å². The van der Waals surface area contributed by atoms with Crippen LogP contribution in [0.15, 0.2) is 94.8 Å². The number of nitrogens with one attached hydrogen (secondary N) is 3. The number of nitrogens with two attached hydrogens (primary N) is 1. The first-order valence-electron chi connectivity index (χ1n) is 21.4. The number of carboxylic acid groups (broad SMARTS) is 1. The molecule has 67 heavy (non-hydrogen) atoms. The van der Waals surface area contributed by atoms with Crippen LogP contribution in [0.3, 0.4) is 0 Å². The van der Waals surface area contributed by atoms with Gasteiger partial charge in [0.15, 0.2) is 0 Å². The van der Waals surface area contributed by atoms with Gasteiger partial charge in [0.25, 0.3) is 5.91 Å². The quantitative estimate of drug-likeness (QED) is 0.0618. The van der Waals surface area contributed by atoms with E-state index in [0.717, 1.165) is 22.3 Å². The zero-order valence-corrected chi connectivity index (χ0v) is 40.7. The fraction of sp³-hybridized carbons (Fsp3) is 0.346. The first-order chi connectivity index (χ1) is 31.0. The van der Waals surface area contributed by atoms with Gasteiger partial charge < -0.3 is 45.1 Å². The number of aromatic carboxylic acids is 1. The molecule has 0 saturated heterocycles. The Balaban J connectivity index is 0.000000243. The van der Waals surface area contributed by atoms with E-state index in [0.29, 0.717) is 38.9 Å². The lowest BCUT2D eigenvalue weighted by atomic mass is 9.79. The number of benzene rings is 4.